The lowest BCUT2D eigenvalue weighted by Crippen LogP contribution is -2.37. The van der Waals surface area contributed by atoms with Crippen molar-refractivity contribution >= 4 is 17.7 Å². The van der Waals surface area contributed by atoms with E-state index in [4.69, 9.17) is 22.1 Å². The van der Waals surface area contributed by atoms with E-state index in [0.717, 1.165) is 5.56 Å². The monoisotopic (exact) mass is 271 g/mol. The van der Waals surface area contributed by atoms with Crippen LogP contribution in [0.15, 0.2) is 24.3 Å². The van der Waals surface area contributed by atoms with Gasteiger partial charge in [-0.2, -0.15) is 0 Å². The highest BCUT2D eigenvalue weighted by Gasteiger charge is 2.34. The Bertz CT molecular complexity index is 420. The molecule has 4 nitrogen and oxygen atoms in total. The van der Waals surface area contributed by atoms with Gasteiger partial charge in [0.15, 0.2) is 0 Å². The molecule has 5 heteroatoms. The zero-order valence-electron chi connectivity index (χ0n) is 10.5. The van der Waals surface area contributed by atoms with E-state index < -0.39 is 11.7 Å². The van der Waals surface area contributed by atoms with Gasteiger partial charge >= 0.3 is 6.09 Å². The van der Waals surface area contributed by atoms with Crippen molar-refractivity contribution in [1.29, 1.82) is 0 Å². The van der Waals surface area contributed by atoms with Crippen LogP contribution in [0.2, 0.25) is 5.02 Å². The van der Waals surface area contributed by atoms with Crippen LogP contribution in [0.25, 0.3) is 0 Å². The molecule has 1 aromatic carbocycles. The second kappa shape index (κ2) is 6.07. The van der Waals surface area contributed by atoms with Crippen LogP contribution in [0, 0.1) is 0 Å². The number of ether oxygens (including phenoxy) is 1. The van der Waals surface area contributed by atoms with Crippen molar-refractivity contribution in [2.75, 3.05) is 6.61 Å². The van der Waals surface area contributed by atoms with Gasteiger partial charge in [-0.25, -0.2) is 4.79 Å². The minimum absolute atomic E-state index is 0.0263. The maximum atomic E-state index is 10.9. The molecule has 1 amide bonds. The summed E-state index contributed by atoms with van der Waals surface area (Å²) in [4.78, 5) is 10.9. The number of nitrogens with two attached hydrogens (primary N) is 1. The number of carbonyl (C=O) groups excluding carboxylic acids is 1. The molecular formula is C13H18ClNO3. The van der Waals surface area contributed by atoms with Crippen molar-refractivity contribution in [3.63, 3.8) is 0 Å². The molecule has 0 spiro atoms. The van der Waals surface area contributed by atoms with Crippen molar-refractivity contribution < 1.29 is 14.6 Å². The first kappa shape index (κ1) is 14.8. The van der Waals surface area contributed by atoms with Crippen LogP contribution in [0.1, 0.15) is 31.7 Å². The first-order chi connectivity index (χ1) is 8.38. The summed E-state index contributed by atoms with van der Waals surface area (Å²) in [6.45, 7) is 3.48. The van der Waals surface area contributed by atoms with Crippen LogP contribution < -0.4 is 5.73 Å². The molecule has 0 saturated carbocycles. The Labute approximate surface area is 112 Å². The first-order valence-electron chi connectivity index (χ1n) is 5.72. The highest BCUT2D eigenvalue weighted by molar-refractivity contribution is 6.31. The molecule has 0 unspecified atom stereocenters. The van der Waals surface area contributed by atoms with Crippen molar-refractivity contribution in [2.24, 2.45) is 5.73 Å². The number of hydrogen-bond donors (Lipinski definition) is 2. The summed E-state index contributed by atoms with van der Waals surface area (Å²) in [5.74, 6) is -0.219. The highest BCUT2D eigenvalue weighted by Crippen LogP contribution is 2.37. The number of carbonyl (C=O) groups is 1. The van der Waals surface area contributed by atoms with Crippen LogP contribution in [-0.4, -0.2) is 23.4 Å². The van der Waals surface area contributed by atoms with E-state index in [0.29, 0.717) is 11.4 Å². The largest absolute Gasteiger partial charge is 0.443 e. The van der Waals surface area contributed by atoms with E-state index in [1.54, 1.807) is 19.9 Å². The third-order valence-corrected chi connectivity index (χ3v) is 3.25. The summed E-state index contributed by atoms with van der Waals surface area (Å²) in [5.41, 5.74) is 5.07. The summed E-state index contributed by atoms with van der Waals surface area (Å²) >= 11 is 6.14. The average Bonchev–Trinajstić information content (AvgIpc) is 2.25. The molecule has 0 aliphatic rings. The SMILES string of the molecule is CC(C)(OC(N)=O)[C@@H](CCO)c1ccccc1Cl. The molecule has 0 saturated heterocycles. The molecule has 0 aliphatic carbocycles. The van der Waals surface area contributed by atoms with Gasteiger partial charge in [0.25, 0.3) is 0 Å². The Morgan fingerprint density at radius 1 is 1.50 bits per heavy atom. The Morgan fingerprint density at radius 2 is 2.11 bits per heavy atom. The summed E-state index contributed by atoms with van der Waals surface area (Å²) in [6.07, 6.45) is -0.403. The van der Waals surface area contributed by atoms with E-state index in [9.17, 15) is 9.90 Å². The van der Waals surface area contributed by atoms with Crippen molar-refractivity contribution in [3.05, 3.63) is 34.9 Å². The Balaban J connectivity index is 3.09. The van der Waals surface area contributed by atoms with Gasteiger partial charge in [-0.05, 0) is 31.9 Å². The molecule has 0 heterocycles. The van der Waals surface area contributed by atoms with Crippen LogP contribution in [0.4, 0.5) is 4.79 Å². The number of halogens is 1. The zero-order valence-corrected chi connectivity index (χ0v) is 11.3. The van der Waals surface area contributed by atoms with Gasteiger partial charge in [0, 0.05) is 17.5 Å². The topological polar surface area (TPSA) is 72.5 Å². The van der Waals surface area contributed by atoms with E-state index in [1.165, 1.54) is 0 Å². The fourth-order valence-corrected chi connectivity index (χ4v) is 2.36. The maximum Gasteiger partial charge on any atom is 0.405 e. The van der Waals surface area contributed by atoms with Gasteiger partial charge in [0.05, 0.1) is 0 Å². The van der Waals surface area contributed by atoms with E-state index in [1.807, 2.05) is 18.2 Å². The molecule has 1 aromatic rings. The minimum atomic E-state index is -0.838. The summed E-state index contributed by atoms with van der Waals surface area (Å²) in [7, 11) is 0. The predicted octanol–water partition coefficient (Wildman–Crippen LogP) is 2.68. The van der Waals surface area contributed by atoms with Crippen LogP contribution in [-0.2, 0) is 4.74 Å². The van der Waals surface area contributed by atoms with Gasteiger partial charge in [-0.3, -0.25) is 0 Å². The fraction of sp³-hybridized carbons (Fsp3) is 0.462. The van der Waals surface area contributed by atoms with E-state index >= 15 is 0 Å². The molecule has 0 aromatic heterocycles. The first-order valence-corrected chi connectivity index (χ1v) is 6.10. The van der Waals surface area contributed by atoms with E-state index in [2.05, 4.69) is 0 Å². The molecule has 18 heavy (non-hydrogen) atoms. The standard InChI is InChI=1S/C13H18ClNO3/c1-13(2,18-12(15)17)10(7-8-16)9-5-3-4-6-11(9)14/h3-6,10,16H,7-8H2,1-2H3,(H2,15,17)/t10-/m0/s1. The number of hydrogen-bond acceptors (Lipinski definition) is 3. The Morgan fingerprint density at radius 3 is 2.61 bits per heavy atom. The molecule has 0 bridgehead atoms. The summed E-state index contributed by atoms with van der Waals surface area (Å²) in [6, 6.07) is 7.30. The number of amides is 1. The molecule has 0 aliphatic heterocycles. The molecule has 3 N–H and O–H groups in total. The smallest absolute Gasteiger partial charge is 0.405 e. The van der Waals surface area contributed by atoms with Crippen LogP contribution >= 0.6 is 11.6 Å². The lowest BCUT2D eigenvalue weighted by molar-refractivity contribution is 0.0171. The second-order valence-corrected chi connectivity index (χ2v) is 5.02. The lowest BCUT2D eigenvalue weighted by Gasteiger charge is -2.34. The van der Waals surface area contributed by atoms with Gasteiger partial charge in [0.2, 0.25) is 0 Å². The molecule has 0 radical (unpaired) electrons. The highest BCUT2D eigenvalue weighted by atomic mass is 35.5. The summed E-state index contributed by atoms with van der Waals surface area (Å²) < 4.78 is 5.13. The van der Waals surface area contributed by atoms with Gasteiger partial charge in [-0.15, -0.1) is 0 Å². The quantitative estimate of drug-likeness (QED) is 0.865. The summed E-state index contributed by atoms with van der Waals surface area (Å²) in [5, 5.41) is 9.75. The molecule has 1 atom stereocenters. The predicted molar refractivity (Wildman–Crippen MR) is 70.6 cm³/mol. The third kappa shape index (κ3) is 3.62. The average molecular weight is 272 g/mol. The lowest BCUT2D eigenvalue weighted by atomic mass is 9.82. The van der Waals surface area contributed by atoms with Gasteiger partial charge in [-0.1, -0.05) is 29.8 Å². The molecular weight excluding hydrogens is 254 g/mol. The number of rotatable bonds is 5. The van der Waals surface area contributed by atoms with Gasteiger partial charge in [0.1, 0.15) is 5.60 Å². The maximum absolute atomic E-state index is 10.9. The Kier molecular flexibility index (Phi) is 4.99. The van der Waals surface area contributed by atoms with Crippen molar-refractivity contribution in [2.45, 2.75) is 31.8 Å². The zero-order chi connectivity index (χ0) is 13.8. The number of benzene rings is 1. The Hall–Kier alpha value is -1.26. The number of aliphatic hydroxyl groups is 1. The van der Waals surface area contributed by atoms with Crippen molar-refractivity contribution in [3.8, 4) is 0 Å². The van der Waals surface area contributed by atoms with Crippen LogP contribution in [0.3, 0.4) is 0 Å². The van der Waals surface area contributed by atoms with Crippen molar-refractivity contribution in [1.82, 2.24) is 0 Å². The third-order valence-electron chi connectivity index (χ3n) is 2.90. The molecule has 1 rings (SSSR count). The second-order valence-electron chi connectivity index (χ2n) is 4.61. The minimum Gasteiger partial charge on any atom is -0.443 e. The normalized spacial score (nSPS) is 13.1. The van der Waals surface area contributed by atoms with Crippen LogP contribution in [0.5, 0.6) is 0 Å². The molecule has 0 fully saturated rings. The van der Waals surface area contributed by atoms with E-state index in [-0.39, 0.29) is 12.5 Å². The number of primary amides is 1. The van der Waals surface area contributed by atoms with Gasteiger partial charge < -0.3 is 15.6 Å². The number of aliphatic hydroxyl groups excluding tert-OH is 1. The molecule has 100 valence electrons. The fourth-order valence-electron chi connectivity index (χ4n) is 2.09.